The lowest BCUT2D eigenvalue weighted by atomic mass is 9.92. The molecular formula is C28H35F2N7O4. The van der Waals surface area contributed by atoms with Crippen LogP contribution in [0.1, 0.15) is 44.4 Å². The highest BCUT2D eigenvalue weighted by Crippen LogP contribution is 2.31. The van der Waals surface area contributed by atoms with E-state index in [2.05, 4.69) is 20.3 Å². The van der Waals surface area contributed by atoms with Crippen molar-refractivity contribution in [3.05, 3.63) is 36.2 Å². The van der Waals surface area contributed by atoms with Crippen molar-refractivity contribution in [2.75, 3.05) is 44.8 Å². The third kappa shape index (κ3) is 5.97. The molecule has 3 fully saturated rings. The first-order valence-electron chi connectivity index (χ1n) is 14.2. The number of carbonyl (C=O) groups excluding carboxylic acids is 1. The number of benzene rings is 1. The second-order valence-electron chi connectivity index (χ2n) is 11.0. The van der Waals surface area contributed by atoms with Gasteiger partial charge in [-0.25, -0.2) is 13.8 Å². The zero-order valence-corrected chi connectivity index (χ0v) is 23.0. The molecule has 2 atom stereocenters. The van der Waals surface area contributed by atoms with Crippen LogP contribution in [0.4, 0.5) is 14.7 Å². The summed E-state index contributed by atoms with van der Waals surface area (Å²) in [5.41, 5.74) is 0.979. The minimum Gasteiger partial charge on any atom is -0.474 e. The number of alkyl halides is 2. The van der Waals surface area contributed by atoms with Gasteiger partial charge in [0.1, 0.15) is 11.9 Å². The summed E-state index contributed by atoms with van der Waals surface area (Å²) in [4.78, 5) is 30.1. The highest BCUT2D eigenvalue weighted by atomic mass is 19.3. The fraction of sp³-hybridized carbons (Fsp3) is 0.571. The molecule has 1 aromatic carbocycles. The molecule has 2 saturated heterocycles. The molecule has 2 N–H and O–H groups in total. The molecule has 3 aliphatic rings. The Morgan fingerprint density at radius 3 is 2.59 bits per heavy atom. The topological polar surface area (TPSA) is 118 Å². The van der Waals surface area contributed by atoms with Crippen LogP contribution in [0, 0.1) is 0 Å². The predicted molar refractivity (Wildman–Crippen MR) is 147 cm³/mol. The van der Waals surface area contributed by atoms with E-state index in [0.29, 0.717) is 75.0 Å². The number of halogens is 2. The molecule has 0 bridgehead atoms. The molecule has 2 aromatic heterocycles. The van der Waals surface area contributed by atoms with Crippen molar-refractivity contribution in [1.29, 1.82) is 0 Å². The molecule has 4 heterocycles. The average molecular weight is 572 g/mol. The number of aliphatic hydroxyl groups excluding tert-OH is 1. The Hall–Kier alpha value is -3.42. The molecule has 0 spiro atoms. The number of hydrogen-bond acceptors (Lipinski definition) is 9. The number of likely N-dealkylation sites (N-methyl/N-ethyl adjacent to an activating group) is 1. The second kappa shape index (κ2) is 11.8. The molecule has 1 aliphatic carbocycles. The number of β-amino-alcohol motifs (C(OH)–C–C–N with tert-alkyl or cyclic N) is 1. The third-order valence-electron chi connectivity index (χ3n) is 8.12. The number of para-hydroxylation sites is 2. The Bertz CT molecular complexity index is 1370. The molecule has 0 radical (unpaired) electrons. The van der Waals surface area contributed by atoms with Crippen molar-refractivity contribution < 1.29 is 28.2 Å². The highest BCUT2D eigenvalue weighted by molar-refractivity contribution is 5.82. The standard InChI is InChI=1S/C28H35F2N7O4/c1-35-16-18(38)14-22(35)27(39)31-17-6-8-19(9-7-17)41-24-15-23(33-28(34-24)36-10-12-40-13-11-36)37-21-5-3-2-4-20(21)32-26(37)25(29)30/h2-5,15,17-19,22,25,38H,6-14,16H2,1H3,(H,31,39)/t17-,18-,19-,22-/m0/s1. The number of fused-ring (bicyclic) bond motifs is 1. The van der Waals surface area contributed by atoms with E-state index in [-0.39, 0.29) is 35.7 Å². The van der Waals surface area contributed by atoms with Gasteiger partial charge < -0.3 is 24.8 Å². The van der Waals surface area contributed by atoms with Crippen LogP contribution in [0.5, 0.6) is 5.88 Å². The monoisotopic (exact) mass is 571 g/mol. The highest BCUT2D eigenvalue weighted by Gasteiger charge is 2.35. The maximum Gasteiger partial charge on any atom is 0.296 e. The maximum absolute atomic E-state index is 14.1. The van der Waals surface area contributed by atoms with Crippen molar-refractivity contribution in [2.24, 2.45) is 0 Å². The van der Waals surface area contributed by atoms with Gasteiger partial charge in [0, 0.05) is 31.7 Å². The number of aromatic nitrogens is 4. The number of rotatable bonds is 7. The molecule has 11 nitrogen and oxygen atoms in total. The Kier molecular flexibility index (Phi) is 8.00. The SMILES string of the molecule is CN1C[C@@H](O)C[C@H]1C(=O)N[C@H]1CC[C@H](Oc2cc(-n3c(C(F)F)nc4ccccc43)nc(N3CCOCC3)n2)CC1. The van der Waals surface area contributed by atoms with Gasteiger partial charge in [-0.1, -0.05) is 12.1 Å². The smallest absolute Gasteiger partial charge is 0.296 e. The van der Waals surface area contributed by atoms with Crippen molar-refractivity contribution >= 4 is 22.9 Å². The number of morpholine rings is 1. The first kappa shape index (κ1) is 27.7. The summed E-state index contributed by atoms with van der Waals surface area (Å²) >= 11 is 0. The van der Waals surface area contributed by atoms with Gasteiger partial charge in [0.2, 0.25) is 17.7 Å². The zero-order valence-electron chi connectivity index (χ0n) is 23.0. The van der Waals surface area contributed by atoms with E-state index in [0.717, 1.165) is 12.8 Å². The summed E-state index contributed by atoms with van der Waals surface area (Å²) in [6.07, 6.45) is -0.0806. The number of anilines is 1. The lowest BCUT2D eigenvalue weighted by Crippen LogP contribution is -2.47. The van der Waals surface area contributed by atoms with Crippen molar-refractivity contribution in [3.8, 4) is 11.7 Å². The average Bonchev–Trinajstić information content (AvgIpc) is 3.54. The van der Waals surface area contributed by atoms with Crippen LogP contribution in [0.15, 0.2) is 30.3 Å². The first-order valence-corrected chi connectivity index (χ1v) is 14.2. The fourth-order valence-electron chi connectivity index (χ4n) is 5.98. The number of ether oxygens (including phenoxy) is 2. The molecule has 1 amide bonds. The molecule has 2 aliphatic heterocycles. The van der Waals surface area contributed by atoms with E-state index in [1.54, 1.807) is 30.3 Å². The molecule has 0 unspecified atom stereocenters. The lowest BCUT2D eigenvalue weighted by Gasteiger charge is -2.31. The van der Waals surface area contributed by atoms with Gasteiger partial charge in [0.05, 0.1) is 36.4 Å². The minimum absolute atomic E-state index is 0.0317. The Morgan fingerprint density at radius 1 is 1.12 bits per heavy atom. The van der Waals surface area contributed by atoms with Gasteiger partial charge in [-0.05, 0) is 51.3 Å². The van der Waals surface area contributed by atoms with Crippen LogP contribution < -0.4 is 15.0 Å². The van der Waals surface area contributed by atoms with Crippen LogP contribution in [0.3, 0.4) is 0 Å². The van der Waals surface area contributed by atoms with E-state index in [9.17, 15) is 18.7 Å². The van der Waals surface area contributed by atoms with Crippen LogP contribution in [-0.2, 0) is 9.53 Å². The largest absolute Gasteiger partial charge is 0.474 e. The Morgan fingerprint density at radius 2 is 1.88 bits per heavy atom. The third-order valence-corrected chi connectivity index (χ3v) is 8.12. The molecule has 1 saturated carbocycles. The molecule has 41 heavy (non-hydrogen) atoms. The Balaban J connectivity index is 1.21. The number of aliphatic hydroxyl groups is 1. The van der Waals surface area contributed by atoms with E-state index < -0.39 is 12.5 Å². The number of nitrogens with zero attached hydrogens (tertiary/aromatic N) is 6. The summed E-state index contributed by atoms with van der Waals surface area (Å²) in [6, 6.07) is 8.30. The Labute approximate surface area is 236 Å². The normalized spacial score (nSPS) is 25.6. The fourth-order valence-corrected chi connectivity index (χ4v) is 5.98. The predicted octanol–water partition coefficient (Wildman–Crippen LogP) is 2.46. The van der Waals surface area contributed by atoms with Gasteiger partial charge in [0.15, 0.2) is 5.82 Å². The summed E-state index contributed by atoms with van der Waals surface area (Å²) in [5, 5.41) is 13.0. The first-order chi connectivity index (χ1) is 19.9. The summed E-state index contributed by atoms with van der Waals surface area (Å²) in [7, 11) is 1.85. The quantitative estimate of drug-likeness (QED) is 0.441. The van der Waals surface area contributed by atoms with Gasteiger partial charge >= 0.3 is 0 Å². The van der Waals surface area contributed by atoms with E-state index >= 15 is 0 Å². The van der Waals surface area contributed by atoms with Crippen LogP contribution in [0.25, 0.3) is 16.9 Å². The van der Waals surface area contributed by atoms with Crippen molar-refractivity contribution in [2.45, 2.75) is 62.8 Å². The summed E-state index contributed by atoms with van der Waals surface area (Å²) < 4.78 is 41.4. The zero-order chi connectivity index (χ0) is 28.5. The molecular weight excluding hydrogens is 536 g/mol. The molecule has 3 aromatic rings. The van der Waals surface area contributed by atoms with Crippen LogP contribution >= 0.6 is 0 Å². The minimum atomic E-state index is -2.80. The molecule has 6 rings (SSSR count). The van der Waals surface area contributed by atoms with Gasteiger partial charge in [-0.15, -0.1) is 0 Å². The number of likely N-dealkylation sites (tertiary alicyclic amines) is 1. The van der Waals surface area contributed by atoms with Gasteiger partial charge in [0.25, 0.3) is 6.43 Å². The lowest BCUT2D eigenvalue weighted by molar-refractivity contribution is -0.126. The van der Waals surface area contributed by atoms with Crippen molar-refractivity contribution in [3.63, 3.8) is 0 Å². The number of carbonyl (C=O) groups is 1. The number of hydrogen-bond donors (Lipinski definition) is 2. The summed E-state index contributed by atoms with van der Waals surface area (Å²) in [6.45, 7) is 2.69. The summed E-state index contributed by atoms with van der Waals surface area (Å²) in [5.74, 6) is 0.530. The molecule has 220 valence electrons. The van der Waals surface area contributed by atoms with Crippen LogP contribution in [0.2, 0.25) is 0 Å². The number of amides is 1. The van der Waals surface area contributed by atoms with Crippen LogP contribution in [-0.4, -0.2) is 99.6 Å². The maximum atomic E-state index is 14.1. The van der Waals surface area contributed by atoms with Crippen molar-refractivity contribution in [1.82, 2.24) is 29.7 Å². The molecule has 13 heteroatoms. The van der Waals surface area contributed by atoms with Gasteiger partial charge in [-0.2, -0.15) is 9.97 Å². The van der Waals surface area contributed by atoms with E-state index in [1.165, 1.54) is 4.57 Å². The second-order valence-corrected chi connectivity index (χ2v) is 11.0. The van der Waals surface area contributed by atoms with Gasteiger partial charge in [-0.3, -0.25) is 14.3 Å². The van der Waals surface area contributed by atoms with E-state index in [4.69, 9.17) is 9.47 Å². The van der Waals surface area contributed by atoms with E-state index in [1.807, 2.05) is 16.8 Å². The number of nitrogens with one attached hydrogen (secondary N) is 1. The number of imidazole rings is 1.